The molecule has 0 bridgehead atoms. The van der Waals surface area contributed by atoms with Gasteiger partial charge in [-0.3, -0.25) is 4.79 Å². The predicted molar refractivity (Wildman–Crippen MR) is 88.1 cm³/mol. The minimum Gasteiger partial charge on any atom is -0.350 e. The number of nitrogens with one attached hydrogen (secondary N) is 1. The number of aromatic nitrogens is 1. The number of carbonyl (C=O) groups is 1. The van der Waals surface area contributed by atoms with Crippen molar-refractivity contribution in [3.63, 3.8) is 0 Å². The van der Waals surface area contributed by atoms with Crippen LogP contribution in [0.15, 0.2) is 12.1 Å². The lowest BCUT2D eigenvalue weighted by molar-refractivity contribution is 0.0928. The first-order chi connectivity index (χ1) is 9.88. The average Bonchev–Trinajstić information content (AvgIpc) is 2.41. The van der Waals surface area contributed by atoms with Crippen LogP contribution in [0.5, 0.6) is 0 Å². The van der Waals surface area contributed by atoms with Gasteiger partial charge in [0.1, 0.15) is 10.3 Å². The lowest BCUT2D eigenvalue weighted by atomic mass is 9.93. The standard InChI is InChI=1S/C15H23Cl2N3O/c1-5-10(6-2)12(20(3)4)9-18-15(21)11-7-13(16)19-14(17)8-11/h7-8,10,12H,5-6,9H2,1-4H3,(H,18,21). The third kappa shape index (κ3) is 5.46. The van der Waals surface area contributed by atoms with Crippen LogP contribution in [0.2, 0.25) is 10.3 Å². The third-order valence-electron chi connectivity index (χ3n) is 3.75. The molecule has 1 aromatic rings. The fourth-order valence-electron chi connectivity index (χ4n) is 2.50. The van der Waals surface area contributed by atoms with Crippen molar-refractivity contribution in [2.45, 2.75) is 32.7 Å². The van der Waals surface area contributed by atoms with Crippen LogP contribution in [0.4, 0.5) is 0 Å². The number of hydrogen-bond donors (Lipinski definition) is 1. The van der Waals surface area contributed by atoms with Crippen molar-refractivity contribution in [1.29, 1.82) is 0 Å². The summed E-state index contributed by atoms with van der Waals surface area (Å²) in [6.45, 7) is 4.94. The van der Waals surface area contributed by atoms with E-state index in [1.807, 2.05) is 14.1 Å². The molecule has 1 aromatic heterocycles. The van der Waals surface area contributed by atoms with Crippen molar-refractivity contribution >= 4 is 29.1 Å². The second-order valence-electron chi connectivity index (χ2n) is 5.32. The van der Waals surface area contributed by atoms with Gasteiger partial charge in [0.2, 0.25) is 0 Å². The molecule has 0 aliphatic rings. The van der Waals surface area contributed by atoms with Crippen LogP contribution in [0.3, 0.4) is 0 Å². The number of halogens is 2. The van der Waals surface area contributed by atoms with Crippen LogP contribution in [-0.2, 0) is 0 Å². The van der Waals surface area contributed by atoms with E-state index in [1.54, 1.807) is 0 Å². The quantitative estimate of drug-likeness (QED) is 0.778. The molecule has 1 N–H and O–H groups in total. The zero-order valence-electron chi connectivity index (χ0n) is 13.0. The Morgan fingerprint density at radius 1 is 1.24 bits per heavy atom. The van der Waals surface area contributed by atoms with Gasteiger partial charge in [-0.1, -0.05) is 49.9 Å². The van der Waals surface area contributed by atoms with E-state index >= 15 is 0 Å². The SMILES string of the molecule is CCC(CC)C(CNC(=O)c1cc(Cl)nc(Cl)c1)N(C)C. The Morgan fingerprint density at radius 2 is 1.76 bits per heavy atom. The van der Waals surface area contributed by atoms with Gasteiger partial charge >= 0.3 is 0 Å². The van der Waals surface area contributed by atoms with Crippen LogP contribution in [0.1, 0.15) is 37.0 Å². The van der Waals surface area contributed by atoms with Crippen LogP contribution >= 0.6 is 23.2 Å². The molecule has 0 radical (unpaired) electrons. The highest BCUT2D eigenvalue weighted by Crippen LogP contribution is 2.17. The van der Waals surface area contributed by atoms with Crippen molar-refractivity contribution in [2.24, 2.45) is 5.92 Å². The molecule has 118 valence electrons. The van der Waals surface area contributed by atoms with E-state index in [9.17, 15) is 4.79 Å². The number of rotatable bonds is 7. The summed E-state index contributed by atoms with van der Waals surface area (Å²) in [7, 11) is 4.07. The summed E-state index contributed by atoms with van der Waals surface area (Å²) in [5.41, 5.74) is 0.432. The summed E-state index contributed by atoms with van der Waals surface area (Å²) in [5.74, 6) is 0.365. The Kier molecular flexibility index (Phi) is 7.43. The number of likely N-dealkylation sites (N-methyl/N-ethyl adjacent to an activating group) is 1. The Balaban J connectivity index is 2.73. The molecule has 0 aliphatic heterocycles. The van der Waals surface area contributed by atoms with Crippen LogP contribution in [0.25, 0.3) is 0 Å². The minimum absolute atomic E-state index is 0.181. The highest BCUT2D eigenvalue weighted by molar-refractivity contribution is 6.33. The average molecular weight is 332 g/mol. The van der Waals surface area contributed by atoms with E-state index in [0.717, 1.165) is 12.8 Å². The highest BCUT2D eigenvalue weighted by Gasteiger charge is 2.21. The van der Waals surface area contributed by atoms with Gasteiger partial charge in [-0.25, -0.2) is 4.98 Å². The number of nitrogens with zero attached hydrogens (tertiary/aromatic N) is 2. The second kappa shape index (κ2) is 8.57. The molecule has 1 atom stereocenters. The summed E-state index contributed by atoms with van der Waals surface area (Å²) in [6.07, 6.45) is 2.17. The van der Waals surface area contributed by atoms with Crippen molar-refractivity contribution in [3.8, 4) is 0 Å². The summed E-state index contributed by atoms with van der Waals surface area (Å²) in [5, 5.41) is 3.40. The van der Waals surface area contributed by atoms with E-state index in [2.05, 4.69) is 29.0 Å². The molecule has 0 aromatic carbocycles. The minimum atomic E-state index is -0.181. The molecule has 0 saturated carbocycles. The van der Waals surface area contributed by atoms with Crippen LogP contribution in [-0.4, -0.2) is 42.5 Å². The zero-order chi connectivity index (χ0) is 16.0. The number of hydrogen-bond acceptors (Lipinski definition) is 3. The molecule has 21 heavy (non-hydrogen) atoms. The van der Waals surface area contributed by atoms with Crippen molar-refractivity contribution in [1.82, 2.24) is 15.2 Å². The highest BCUT2D eigenvalue weighted by atomic mass is 35.5. The van der Waals surface area contributed by atoms with E-state index in [-0.39, 0.29) is 16.2 Å². The third-order valence-corrected chi connectivity index (χ3v) is 4.14. The van der Waals surface area contributed by atoms with Gasteiger partial charge in [0, 0.05) is 18.2 Å². The molecule has 1 heterocycles. The predicted octanol–water partition coefficient (Wildman–Crippen LogP) is 3.48. The Morgan fingerprint density at radius 3 is 2.19 bits per heavy atom. The number of carbonyl (C=O) groups excluding carboxylic acids is 1. The first-order valence-electron chi connectivity index (χ1n) is 7.16. The smallest absolute Gasteiger partial charge is 0.251 e. The Bertz CT molecular complexity index is 456. The summed E-state index contributed by atoms with van der Waals surface area (Å²) in [6, 6.07) is 3.34. The first kappa shape index (κ1) is 18.2. The van der Waals surface area contributed by atoms with Crippen LogP contribution in [0, 0.1) is 5.92 Å². The van der Waals surface area contributed by atoms with E-state index in [4.69, 9.17) is 23.2 Å². The lowest BCUT2D eigenvalue weighted by Gasteiger charge is -2.31. The Hall–Kier alpha value is -0.840. The lowest BCUT2D eigenvalue weighted by Crippen LogP contribution is -2.44. The van der Waals surface area contributed by atoms with Crippen molar-refractivity contribution < 1.29 is 4.79 Å². The fourth-order valence-corrected chi connectivity index (χ4v) is 2.96. The number of amides is 1. The monoisotopic (exact) mass is 331 g/mol. The van der Waals surface area contributed by atoms with E-state index in [0.29, 0.717) is 24.1 Å². The molecule has 1 rings (SSSR count). The largest absolute Gasteiger partial charge is 0.350 e. The normalized spacial score (nSPS) is 12.8. The molecule has 0 saturated heterocycles. The van der Waals surface area contributed by atoms with Gasteiger partial charge < -0.3 is 10.2 Å². The van der Waals surface area contributed by atoms with Gasteiger partial charge in [-0.2, -0.15) is 0 Å². The molecular formula is C15H23Cl2N3O. The summed E-state index contributed by atoms with van der Waals surface area (Å²) in [4.78, 5) is 18.2. The molecule has 6 heteroatoms. The molecule has 1 amide bonds. The van der Waals surface area contributed by atoms with Gasteiger partial charge in [0.15, 0.2) is 0 Å². The summed E-state index contributed by atoms with van der Waals surface area (Å²) >= 11 is 11.6. The maximum atomic E-state index is 12.2. The topological polar surface area (TPSA) is 45.2 Å². The van der Waals surface area contributed by atoms with Gasteiger partial charge in [0.05, 0.1) is 0 Å². The fraction of sp³-hybridized carbons (Fsp3) is 0.600. The first-order valence-corrected chi connectivity index (χ1v) is 7.92. The molecule has 1 unspecified atom stereocenters. The summed E-state index contributed by atoms with van der Waals surface area (Å²) < 4.78 is 0. The number of pyridine rings is 1. The molecule has 0 aliphatic carbocycles. The molecule has 0 fully saturated rings. The second-order valence-corrected chi connectivity index (χ2v) is 6.09. The van der Waals surface area contributed by atoms with E-state index < -0.39 is 0 Å². The molecule has 4 nitrogen and oxygen atoms in total. The zero-order valence-corrected chi connectivity index (χ0v) is 14.5. The maximum Gasteiger partial charge on any atom is 0.251 e. The Labute approximate surface area is 136 Å². The molecule has 0 spiro atoms. The van der Waals surface area contributed by atoms with Gasteiger partial charge in [-0.05, 0) is 32.1 Å². The van der Waals surface area contributed by atoms with Gasteiger partial charge in [-0.15, -0.1) is 0 Å². The van der Waals surface area contributed by atoms with Crippen molar-refractivity contribution in [2.75, 3.05) is 20.6 Å². The van der Waals surface area contributed by atoms with Crippen LogP contribution < -0.4 is 5.32 Å². The maximum absolute atomic E-state index is 12.2. The van der Waals surface area contributed by atoms with Crippen molar-refractivity contribution in [3.05, 3.63) is 28.0 Å². The van der Waals surface area contributed by atoms with E-state index in [1.165, 1.54) is 12.1 Å². The molecular weight excluding hydrogens is 309 g/mol. The van der Waals surface area contributed by atoms with Gasteiger partial charge in [0.25, 0.3) is 5.91 Å².